The summed E-state index contributed by atoms with van der Waals surface area (Å²) >= 11 is 0. The number of aliphatic imine (C=N–C) groups is 1. The van der Waals surface area contributed by atoms with Gasteiger partial charge in [-0.15, -0.1) is 5.10 Å². The molecule has 1 rings (SSSR count). The van der Waals surface area contributed by atoms with Crippen LogP contribution in [0.1, 0.15) is 12.8 Å². The molecule has 1 heterocycles. The molecule has 13 heteroatoms. The van der Waals surface area contributed by atoms with E-state index in [1.54, 1.807) is 0 Å². The molecular weight excluding hydrogens is 333 g/mol. The zero-order chi connectivity index (χ0) is 18.2. The average molecular weight is 350 g/mol. The third-order valence-corrected chi connectivity index (χ3v) is 2.52. The van der Waals surface area contributed by atoms with Crippen molar-refractivity contribution in [2.75, 3.05) is 18.4 Å². The van der Waals surface area contributed by atoms with Crippen molar-refractivity contribution in [1.82, 2.24) is 20.3 Å². The van der Waals surface area contributed by atoms with Crippen LogP contribution in [0.25, 0.3) is 0 Å². The third kappa shape index (κ3) is 7.95. The number of aromatic nitrogens is 3. The first kappa shape index (κ1) is 19.2. The number of carbonyl (C=O) groups is 2. The Morgan fingerprint density at radius 2 is 2.00 bits per heavy atom. The normalized spacial score (nSPS) is 12.0. The van der Waals surface area contributed by atoms with Gasteiger partial charge in [-0.3, -0.25) is 9.59 Å². The third-order valence-electron chi connectivity index (χ3n) is 2.52. The molecule has 1 aromatic rings. The molecule has 0 aliphatic rings. The van der Waals surface area contributed by atoms with Crippen molar-refractivity contribution < 1.29 is 22.8 Å². The lowest BCUT2D eigenvalue weighted by atomic mass is 10.3. The number of amides is 2. The second-order valence-corrected chi connectivity index (χ2v) is 4.59. The Hall–Kier alpha value is -2.86. The zero-order valence-corrected chi connectivity index (χ0v) is 12.5. The lowest BCUT2D eigenvalue weighted by Crippen LogP contribution is -2.36. The first-order valence-corrected chi connectivity index (χ1v) is 6.79. The summed E-state index contributed by atoms with van der Waals surface area (Å²) in [6.45, 7) is -0.726. The van der Waals surface area contributed by atoms with Crippen LogP contribution in [-0.4, -0.2) is 52.0 Å². The molecule has 6 N–H and O–H groups in total. The summed E-state index contributed by atoms with van der Waals surface area (Å²) < 4.78 is 35.9. The molecule has 0 atom stereocenters. The maximum absolute atomic E-state index is 12.0. The van der Waals surface area contributed by atoms with Gasteiger partial charge in [-0.05, 0) is 12.8 Å². The largest absolute Gasteiger partial charge is 0.408 e. The van der Waals surface area contributed by atoms with Crippen LogP contribution >= 0.6 is 0 Å². The van der Waals surface area contributed by atoms with Gasteiger partial charge in [0.15, 0.2) is 11.8 Å². The topological polar surface area (TPSA) is 153 Å². The monoisotopic (exact) mass is 350 g/mol. The Kier molecular flexibility index (Phi) is 6.95. The highest BCUT2D eigenvalue weighted by Crippen LogP contribution is 2.14. The van der Waals surface area contributed by atoms with Crippen molar-refractivity contribution in [2.45, 2.75) is 25.6 Å². The van der Waals surface area contributed by atoms with Crippen molar-refractivity contribution in [3.63, 3.8) is 0 Å². The fourth-order valence-electron chi connectivity index (χ4n) is 1.48. The smallest absolute Gasteiger partial charge is 0.370 e. The van der Waals surface area contributed by atoms with Crippen molar-refractivity contribution in [3.05, 3.63) is 6.20 Å². The van der Waals surface area contributed by atoms with Gasteiger partial charge in [-0.2, -0.15) is 23.1 Å². The number of nitrogens with two attached hydrogens (primary N) is 2. The Labute approximate surface area is 134 Å². The quantitative estimate of drug-likeness (QED) is 0.213. The van der Waals surface area contributed by atoms with Crippen molar-refractivity contribution in [1.29, 1.82) is 0 Å². The van der Waals surface area contributed by atoms with Gasteiger partial charge in [0, 0.05) is 6.54 Å². The Balaban J connectivity index is 2.31. The molecule has 2 amide bonds. The molecule has 0 saturated heterocycles. The van der Waals surface area contributed by atoms with Gasteiger partial charge in [0.2, 0.25) is 0 Å². The van der Waals surface area contributed by atoms with Crippen LogP contribution in [0.4, 0.5) is 19.0 Å². The van der Waals surface area contributed by atoms with Crippen molar-refractivity contribution in [2.24, 2.45) is 16.5 Å². The van der Waals surface area contributed by atoms with E-state index in [1.165, 1.54) is 11.0 Å². The second kappa shape index (κ2) is 8.69. The highest BCUT2D eigenvalue weighted by molar-refractivity contribution is 6.34. The van der Waals surface area contributed by atoms with Crippen LogP contribution in [0.5, 0.6) is 0 Å². The highest BCUT2D eigenvalue weighted by atomic mass is 19.4. The molecule has 0 aliphatic heterocycles. The summed E-state index contributed by atoms with van der Waals surface area (Å²) in [6.07, 6.45) is -2.01. The number of rotatable bonds is 7. The van der Waals surface area contributed by atoms with E-state index in [2.05, 4.69) is 25.8 Å². The molecule has 0 aromatic carbocycles. The highest BCUT2D eigenvalue weighted by Gasteiger charge is 2.26. The molecule has 1 aromatic heterocycles. The van der Waals surface area contributed by atoms with Crippen LogP contribution in [-0.2, 0) is 16.1 Å². The molecule has 0 aliphatic carbocycles. The molecule has 10 nitrogen and oxygen atoms in total. The minimum atomic E-state index is -4.44. The molecule has 0 unspecified atom stereocenters. The first-order valence-electron chi connectivity index (χ1n) is 6.79. The summed E-state index contributed by atoms with van der Waals surface area (Å²) in [5.74, 6) is -2.18. The number of guanidine groups is 1. The van der Waals surface area contributed by atoms with E-state index in [1.807, 2.05) is 0 Å². The molecule has 134 valence electrons. The minimum Gasteiger partial charge on any atom is -0.370 e. The fraction of sp³-hybridized carbons (Fsp3) is 0.545. The second-order valence-electron chi connectivity index (χ2n) is 4.59. The van der Waals surface area contributed by atoms with Gasteiger partial charge >= 0.3 is 18.0 Å². The van der Waals surface area contributed by atoms with Gasteiger partial charge < -0.3 is 22.1 Å². The lowest BCUT2D eigenvalue weighted by molar-refractivity contribution is -0.137. The Morgan fingerprint density at radius 3 is 2.62 bits per heavy atom. The van der Waals surface area contributed by atoms with E-state index in [9.17, 15) is 22.8 Å². The zero-order valence-electron chi connectivity index (χ0n) is 12.5. The van der Waals surface area contributed by atoms with Crippen molar-refractivity contribution in [3.8, 4) is 0 Å². The summed E-state index contributed by atoms with van der Waals surface area (Å²) in [5.41, 5.74) is 10.1. The lowest BCUT2D eigenvalue weighted by Gasteiger charge is -2.04. The standard InChI is InChI=1S/C11H17F3N8O2/c12-11(13,14)6-18-10(16)20-7-5-19-22(21-7)4-2-1-3-17-9(24)8(15)23/h5H,1-4,6H2,(H2,15,23)(H,17,24)(H3,16,18,20,21). The number of carbonyl (C=O) groups excluding carboxylic acids is 2. The number of hydrogen-bond donors (Lipinski definition) is 4. The van der Waals surface area contributed by atoms with Crippen LogP contribution < -0.4 is 22.1 Å². The number of aryl methyl sites for hydroxylation is 1. The van der Waals surface area contributed by atoms with Crippen LogP contribution in [0.3, 0.4) is 0 Å². The number of alkyl halides is 3. The molecular formula is C11H17F3N8O2. The number of unbranched alkanes of at least 4 members (excludes halogenated alkanes) is 1. The summed E-state index contributed by atoms with van der Waals surface area (Å²) in [7, 11) is 0. The molecule has 0 bridgehead atoms. The minimum absolute atomic E-state index is 0.153. The van der Waals surface area contributed by atoms with Crippen LogP contribution in [0, 0.1) is 0 Å². The number of nitrogens with one attached hydrogen (secondary N) is 2. The van der Waals surface area contributed by atoms with Gasteiger partial charge in [0.25, 0.3) is 0 Å². The van der Waals surface area contributed by atoms with Gasteiger partial charge in [-0.25, -0.2) is 4.99 Å². The molecule has 0 spiro atoms. The number of hydrogen-bond acceptors (Lipinski definition) is 5. The molecule has 0 fully saturated rings. The number of nitrogens with zero attached hydrogens (tertiary/aromatic N) is 4. The van der Waals surface area contributed by atoms with Crippen LogP contribution in [0.2, 0.25) is 0 Å². The predicted octanol–water partition coefficient (Wildman–Crippen LogP) is -1.05. The maximum Gasteiger partial charge on any atom is 0.408 e. The van der Waals surface area contributed by atoms with E-state index in [-0.39, 0.29) is 12.4 Å². The van der Waals surface area contributed by atoms with Crippen LogP contribution in [0.15, 0.2) is 11.2 Å². The summed E-state index contributed by atoms with van der Waals surface area (Å²) in [5, 5.41) is 12.5. The van der Waals surface area contributed by atoms with Crippen molar-refractivity contribution >= 4 is 23.6 Å². The van der Waals surface area contributed by atoms with E-state index in [0.717, 1.165) is 0 Å². The Bertz CT molecular complexity index is 598. The number of halogens is 3. The summed E-state index contributed by atoms with van der Waals surface area (Å²) in [4.78, 5) is 25.8. The number of primary amides is 1. The maximum atomic E-state index is 12.0. The van der Waals surface area contributed by atoms with E-state index in [4.69, 9.17) is 11.5 Å². The number of anilines is 1. The van der Waals surface area contributed by atoms with Gasteiger partial charge in [-0.1, -0.05) is 0 Å². The first-order chi connectivity index (χ1) is 11.2. The van der Waals surface area contributed by atoms with E-state index >= 15 is 0 Å². The molecule has 0 saturated carbocycles. The summed E-state index contributed by atoms with van der Waals surface area (Å²) in [6, 6.07) is 0. The SMILES string of the molecule is NC(=O)C(=O)NCCCCn1ncc(N/C(N)=N\CC(F)(F)F)n1. The molecule has 24 heavy (non-hydrogen) atoms. The predicted molar refractivity (Wildman–Crippen MR) is 77.6 cm³/mol. The van der Waals surface area contributed by atoms with E-state index in [0.29, 0.717) is 19.4 Å². The van der Waals surface area contributed by atoms with Gasteiger partial charge in [0.1, 0.15) is 6.54 Å². The average Bonchev–Trinajstić information content (AvgIpc) is 2.91. The molecule has 0 radical (unpaired) electrons. The van der Waals surface area contributed by atoms with E-state index < -0.39 is 30.5 Å². The van der Waals surface area contributed by atoms with Gasteiger partial charge in [0.05, 0.1) is 12.7 Å². The Morgan fingerprint density at radius 1 is 1.29 bits per heavy atom. The fourth-order valence-corrected chi connectivity index (χ4v) is 1.48.